The minimum atomic E-state index is -0.0858. The SMILES string of the molecule is COc1ccc(-c2ccc3c4c2N=CC4=CC=C2C=NC=NN23)c(Cl)c1O. The number of phenols is 1. The molecular formula is C20H13ClN4O2. The lowest BCUT2D eigenvalue weighted by Crippen LogP contribution is -2.19. The van der Waals surface area contributed by atoms with Gasteiger partial charge in [-0.05, 0) is 30.3 Å². The summed E-state index contributed by atoms with van der Waals surface area (Å²) in [7, 11) is 1.49. The van der Waals surface area contributed by atoms with Crippen molar-refractivity contribution in [2.45, 2.75) is 0 Å². The number of allylic oxidation sites excluding steroid dienone is 4. The molecule has 132 valence electrons. The Morgan fingerprint density at radius 3 is 2.78 bits per heavy atom. The smallest absolute Gasteiger partial charge is 0.177 e. The maximum atomic E-state index is 10.3. The van der Waals surface area contributed by atoms with E-state index in [4.69, 9.17) is 16.3 Å². The van der Waals surface area contributed by atoms with Crippen LogP contribution in [0, 0.1) is 0 Å². The van der Waals surface area contributed by atoms with E-state index >= 15 is 0 Å². The minimum absolute atomic E-state index is 0.0858. The van der Waals surface area contributed by atoms with Gasteiger partial charge < -0.3 is 9.84 Å². The summed E-state index contributed by atoms with van der Waals surface area (Å²) in [6.45, 7) is 0. The summed E-state index contributed by atoms with van der Waals surface area (Å²) in [5, 5.41) is 16.7. The lowest BCUT2D eigenvalue weighted by molar-refractivity contribution is 0.374. The van der Waals surface area contributed by atoms with Gasteiger partial charge in [-0.3, -0.25) is 4.99 Å². The predicted molar refractivity (Wildman–Crippen MR) is 109 cm³/mol. The van der Waals surface area contributed by atoms with E-state index in [-0.39, 0.29) is 10.8 Å². The van der Waals surface area contributed by atoms with Gasteiger partial charge >= 0.3 is 0 Å². The fraction of sp³-hybridized carbons (Fsp3) is 0.0500. The molecule has 2 aromatic carbocycles. The monoisotopic (exact) mass is 376 g/mol. The van der Waals surface area contributed by atoms with Crippen molar-refractivity contribution in [3.63, 3.8) is 0 Å². The number of anilines is 1. The van der Waals surface area contributed by atoms with E-state index < -0.39 is 0 Å². The van der Waals surface area contributed by atoms with E-state index in [1.165, 1.54) is 13.4 Å². The number of aromatic hydroxyl groups is 1. The molecule has 6 nitrogen and oxygen atoms in total. The van der Waals surface area contributed by atoms with Gasteiger partial charge in [-0.15, -0.1) is 0 Å². The second kappa shape index (κ2) is 5.82. The standard InChI is InChI=1S/C20H13ClN4O2/c1-27-16-7-5-13(18(21)20(16)26)14-4-6-15-17-11(8-23-19(14)17)2-3-12-9-22-10-24-25(12)15/h2-10,26H,1H3. The summed E-state index contributed by atoms with van der Waals surface area (Å²) in [5.74, 6) is 0.243. The van der Waals surface area contributed by atoms with Crippen molar-refractivity contribution in [1.82, 2.24) is 0 Å². The van der Waals surface area contributed by atoms with Gasteiger partial charge in [0.15, 0.2) is 11.5 Å². The molecule has 0 atom stereocenters. The van der Waals surface area contributed by atoms with Crippen LogP contribution >= 0.6 is 11.6 Å². The second-order valence-electron chi connectivity index (χ2n) is 6.13. The van der Waals surface area contributed by atoms with Crippen LogP contribution in [-0.2, 0) is 0 Å². The predicted octanol–water partition coefficient (Wildman–Crippen LogP) is 4.55. The van der Waals surface area contributed by atoms with Crippen LogP contribution in [0.15, 0.2) is 57.2 Å². The van der Waals surface area contributed by atoms with E-state index in [2.05, 4.69) is 15.1 Å². The number of hydrazone groups is 1. The molecule has 0 fully saturated rings. The van der Waals surface area contributed by atoms with Gasteiger partial charge in [0.05, 0.1) is 35.4 Å². The average molecular weight is 377 g/mol. The Balaban J connectivity index is 1.74. The summed E-state index contributed by atoms with van der Waals surface area (Å²) >= 11 is 6.42. The molecule has 3 aliphatic rings. The number of phenolic OH excluding ortho intramolecular Hbond substituents is 1. The summed E-state index contributed by atoms with van der Waals surface area (Å²) in [5.41, 5.74) is 6.05. The van der Waals surface area contributed by atoms with E-state index in [9.17, 15) is 5.11 Å². The van der Waals surface area contributed by atoms with Gasteiger partial charge in [0.2, 0.25) is 0 Å². The highest BCUT2D eigenvalue weighted by Crippen LogP contribution is 2.50. The molecular weight excluding hydrogens is 364 g/mol. The highest BCUT2D eigenvalue weighted by Gasteiger charge is 2.28. The lowest BCUT2D eigenvalue weighted by atomic mass is 9.96. The summed E-state index contributed by atoms with van der Waals surface area (Å²) < 4.78 is 5.13. The third-order valence-corrected chi connectivity index (χ3v) is 5.10. The molecule has 0 amide bonds. The number of methoxy groups -OCH3 is 1. The topological polar surface area (TPSA) is 69.8 Å². The van der Waals surface area contributed by atoms with Crippen molar-refractivity contribution >= 4 is 47.3 Å². The number of rotatable bonds is 2. The third-order valence-electron chi connectivity index (χ3n) is 4.71. The van der Waals surface area contributed by atoms with Crippen LogP contribution in [0.25, 0.3) is 16.7 Å². The van der Waals surface area contributed by atoms with Crippen LogP contribution in [0.1, 0.15) is 5.56 Å². The maximum absolute atomic E-state index is 10.3. The zero-order valence-corrected chi connectivity index (χ0v) is 15.0. The molecule has 3 heterocycles. The lowest BCUT2D eigenvalue weighted by Gasteiger charge is -2.23. The number of halogens is 1. The molecule has 1 N–H and O–H groups in total. The van der Waals surface area contributed by atoms with Gasteiger partial charge in [0.25, 0.3) is 0 Å². The van der Waals surface area contributed by atoms with Crippen LogP contribution in [0.3, 0.4) is 0 Å². The van der Waals surface area contributed by atoms with E-state index in [1.54, 1.807) is 12.3 Å². The fourth-order valence-corrected chi connectivity index (χ4v) is 3.70. The van der Waals surface area contributed by atoms with Gasteiger partial charge in [-0.2, -0.15) is 5.10 Å². The highest BCUT2D eigenvalue weighted by atomic mass is 35.5. The molecule has 0 aromatic heterocycles. The number of aliphatic imine (C=N–C) groups is 2. The van der Waals surface area contributed by atoms with Gasteiger partial charge in [-0.1, -0.05) is 17.7 Å². The summed E-state index contributed by atoms with van der Waals surface area (Å²) in [4.78, 5) is 8.71. The molecule has 0 saturated carbocycles. The Morgan fingerprint density at radius 1 is 1.07 bits per heavy atom. The van der Waals surface area contributed by atoms with Crippen molar-refractivity contribution in [2.24, 2.45) is 15.1 Å². The Labute approximate surface area is 160 Å². The largest absolute Gasteiger partial charge is 0.503 e. The summed E-state index contributed by atoms with van der Waals surface area (Å²) in [6.07, 6.45) is 9.06. The Bertz CT molecular complexity index is 1150. The molecule has 0 unspecified atom stereocenters. The first kappa shape index (κ1) is 15.8. The van der Waals surface area contributed by atoms with Crippen LogP contribution in [0.4, 0.5) is 11.4 Å². The average Bonchev–Trinajstić information content (AvgIpc) is 3.05. The molecule has 7 heteroatoms. The van der Waals surface area contributed by atoms with Crippen molar-refractivity contribution in [2.75, 3.05) is 12.1 Å². The molecule has 5 rings (SSSR count). The van der Waals surface area contributed by atoms with E-state index in [0.29, 0.717) is 11.3 Å². The number of hydrogen-bond acceptors (Lipinski definition) is 6. The first-order valence-corrected chi connectivity index (χ1v) is 8.62. The Hall–Kier alpha value is -3.38. The molecule has 0 saturated heterocycles. The molecule has 0 aliphatic carbocycles. The molecule has 2 aromatic rings. The molecule has 3 aliphatic heterocycles. The number of fused-ring (bicyclic) bond motifs is 2. The van der Waals surface area contributed by atoms with Crippen LogP contribution in [0.2, 0.25) is 5.02 Å². The maximum Gasteiger partial charge on any atom is 0.177 e. The number of nitrogens with zero attached hydrogens (tertiary/aromatic N) is 4. The van der Waals surface area contributed by atoms with E-state index in [1.807, 2.05) is 41.6 Å². The van der Waals surface area contributed by atoms with Gasteiger partial charge in [0, 0.05) is 28.5 Å². The third kappa shape index (κ3) is 2.23. The van der Waals surface area contributed by atoms with Crippen molar-refractivity contribution in [1.29, 1.82) is 0 Å². The summed E-state index contributed by atoms with van der Waals surface area (Å²) in [6, 6.07) is 7.42. The van der Waals surface area contributed by atoms with Gasteiger partial charge in [0.1, 0.15) is 6.34 Å². The highest BCUT2D eigenvalue weighted by molar-refractivity contribution is 6.35. The Kier molecular flexibility index (Phi) is 3.42. The minimum Gasteiger partial charge on any atom is -0.503 e. The number of ether oxygens (including phenoxy) is 1. The zero-order chi connectivity index (χ0) is 18.5. The zero-order valence-electron chi connectivity index (χ0n) is 14.2. The first-order chi connectivity index (χ1) is 13.2. The van der Waals surface area contributed by atoms with Crippen LogP contribution < -0.4 is 9.75 Å². The van der Waals surface area contributed by atoms with Crippen molar-refractivity contribution in [3.05, 3.63) is 52.7 Å². The van der Waals surface area contributed by atoms with Gasteiger partial charge in [-0.25, -0.2) is 10.0 Å². The van der Waals surface area contributed by atoms with E-state index in [0.717, 1.165) is 33.8 Å². The number of hydrogen-bond donors (Lipinski definition) is 1. The van der Waals surface area contributed by atoms with Crippen LogP contribution in [-0.4, -0.2) is 31.0 Å². The van der Waals surface area contributed by atoms with Crippen LogP contribution in [0.5, 0.6) is 11.5 Å². The Morgan fingerprint density at radius 2 is 1.93 bits per heavy atom. The molecule has 0 radical (unpaired) electrons. The van der Waals surface area contributed by atoms with Crippen molar-refractivity contribution in [3.8, 4) is 22.6 Å². The second-order valence-corrected chi connectivity index (χ2v) is 6.50. The normalized spacial score (nSPS) is 15.9. The molecule has 0 bridgehead atoms. The molecule has 0 spiro atoms. The number of benzene rings is 2. The quantitative estimate of drug-likeness (QED) is 0.835. The fourth-order valence-electron chi connectivity index (χ4n) is 3.44. The molecule has 27 heavy (non-hydrogen) atoms. The van der Waals surface area contributed by atoms with Crippen molar-refractivity contribution < 1.29 is 9.84 Å². The first-order valence-electron chi connectivity index (χ1n) is 8.24.